The van der Waals surface area contributed by atoms with Crippen molar-refractivity contribution < 1.29 is 19.1 Å². The average molecular weight is 221 g/mol. The van der Waals surface area contributed by atoms with Gasteiger partial charge in [0.2, 0.25) is 0 Å². The summed E-state index contributed by atoms with van der Waals surface area (Å²) in [5.74, 6) is 0.487. The van der Waals surface area contributed by atoms with Crippen LogP contribution in [-0.2, 0) is 4.79 Å². The van der Waals surface area contributed by atoms with Gasteiger partial charge in [-0.2, -0.15) is 0 Å². The lowest BCUT2D eigenvalue weighted by atomic mass is 10.1. The number of ketones is 1. The number of methoxy groups -OCH3 is 1. The third-order valence-electron chi connectivity index (χ3n) is 2.33. The molecule has 0 bridgehead atoms. The van der Waals surface area contributed by atoms with E-state index in [1.165, 1.54) is 14.0 Å². The van der Waals surface area contributed by atoms with E-state index in [-0.39, 0.29) is 18.3 Å². The summed E-state index contributed by atoms with van der Waals surface area (Å²) in [6.45, 7) is 1.36. The fourth-order valence-electron chi connectivity index (χ4n) is 1.59. The summed E-state index contributed by atoms with van der Waals surface area (Å²) in [4.78, 5) is 22.6. The molecule has 0 saturated carbocycles. The smallest absolute Gasteiger partial charge is 0.262 e. The van der Waals surface area contributed by atoms with Crippen LogP contribution in [0.5, 0.6) is 11.5 Å². The van der Waals surface area contributed by atoms with Crippen LogP contribution in [0.2, 0.25) is 0 Å². The monoisotopic (exact) mass is 221 g/mol. The van der Waals surface area contributed by atoms with Gasteiger partial charge in [0.25, 0.3) is 5.91 Å². The van der Waals surface area contributed by atoms with Crippen molar-refractivity contribution in [3.8, 4) is 11.5 Å². The van der Waals surface area contributed by atoms with Gasteiger partial charge in [-0.15, -0.1) is 0 Å². The van der Waals surface area contributed by atoms with Gasteiger partial charge in [-0.3, -0.25) is 9.59 Å². The lowest BCUT2D eigenvalue weighted by Crippen LogP contribution is -2.26. The number of rotatable bonds is 2. The van der Waals surface area contributed by atoms with Crippen molar-refractivity contribution in [3.05, 3.63) is 17.7 Å². The summed E-state index contributed by atoms with van der Waals surface area (Å²) in [5, 5.41) is 2.63. The molecule has 0 saturated heterocycles. The summed E-state index contributed by atoms with van der Waals surface area (Å²) in [6.07, 6.45) is 0. The second kappa shape index (κ2) is 3.84. The molecule has 0 atom stereocenters. The van der Waals surface area contributed by atoms with E-state index in [0.717, 1.165) is 0 Å². The molecular formula is C11H11NO4. The zero-order valence-electron chi connectivity index (χ0n) is 8.99. The van der Waals surface area contributed by atoms with Gasteiger partial charge < -0.3 is 14.8 Å². The van der Waals surface area contributed by atoms with E-state index in [1.807, 2.05) is 0 Å². The number of amides is 1. The van der Waals surface area contributed by atoms with Gasteiger partial charge in [-0.05, 0) is 19.1 Å². The second-order valence-electron chi connectivity index (χ2n) is 3.41. The molecule has 5 heteroatoms. The highest BCUT2D eigenvalue weighted by Crippen LogP contribution is 2.39. The summed E-state index contributed by atoms with van der Waals surface area (Å²) >= 11 is 0. The fraction of sp³-hybridized carbons (Fsp3) is 0.273. The molecule has 0 radical (unpaired) electrons. The normalized spacial score (nSPS) is 13.5. The molecule has 0 aliphatic carbocycles. The predicted octanol–water partition coefficient (Wildman–Crippen LogP) is 1.23. The topological polar surface area (TPSA) is 64.6 Å². The first-order valence-electron chi connectivity index (χ1n) is 4.78. The van der Waals surface area contributed by atoms with Crippen molar-refractivity contribution in [2.24, 2.45) is 0 Å². The maximum absolute atomic E-state index is 11.4. The molecule has 1 aromatic rings. The van der Waals surface area contributed by atoms with Gasteiger partial charge in [0.05, 0.1) is 12.7 Å². The maximum Gasteiger partial charge on any atom is 0.262 e. The fourth-order valence-corrected chi connectivity index (χ4v) is 1.59. The Balaban J connectivity index is 2.59. The first-order valence-corrected chi connectivity index (χ1v) is 4.78. The van der Waals surface area contributed by atoms with Crippen LogP contribution >= 0.6 is 0 Å². The number of hydrogen-bond acceptors (Lipinski definition) is 4. The number of Topliss-reactive ketones (excluding diaryl/α,β-unsaturated/α-hetero) is 1. The average Bonchev–Trinajstić information content (AvgIpc) is 2.27. The molecule has 84 valence electrons. The van der Waals surface area contributed by atoms with Crippen molar-refractivity contribution in [1.29, 1.82) is 0 Å². The molecule has 1 N–H and O–H groups in total. The molecular weight excluding hydrogens is 210 g/mol. The number of nitrogens with one attached hydrogen (secondary N) is 1. The Hall–Kier alpha value is -2.04. The lowest BCUT2D eigenvalue weighted by molar-refractivity contribution is -0.118. The van der Waals surface area contributed by atoms with Crippen LogP contribution < -0.4 is 14.8 Å². The largest absolute Gasteiger partial charge is 0.494 e. The maximum atomic E-state index is 11.4. The molecule has 0 spiro atoms. The van der Waals surface area contributed by atoms with Gasteiger partial charge in [0.15, 0.2) is 18.1 Å². The third-order valence-corrected chi connectivity index (χ3v) is 2.33. The molecule has 0 unspecified atom stereocenters. The van der Waals surface area contributed by atoms with E-state index in [0.29, 0.717) is 22.7 Å². The zero-order chi connectivity index (χ0) is 11.7. The minimum absolute atomic E-state index is 0.0829. The molecule has 0 aromatic heterocycles. The Morgan fingerprint density at radius 2 is 2.25 bits per heavy atom. The minimum Gasteiger partial charge on any atom is -0.494 e. The highest BCUT2D eigenvalue weighted by atomic mass is 16.5. The number of hydrogen-bond donors (Lipinski definition) is 1. The lowest BCUT2D eigenvalue weighted by Gasteiger charge is -2.21. The molecule has 2 rings (SSSR count). The van der Waals surface area contributed by atoms with Crippen LogP contribution in [0.3, 0.4) is 0 Å². The van der Waals surface area contributed by atoms with Crippen LogP contribution in [0.4, 0.5) is 5.69 Å². The van der Waals surface area contributed by atoms with Gasteiger partial charge in [0, 0.05) is 0 Å². The highest BCUT2D eigenvalue weighted by molar-refractivity contribution is 6.04. The van der Waals surface area contributed by atoms with Gasteiger partial charge in [-0.1, -0.05) is 0 Å². The minimum atomic E-state index is -0.258. The third kappa shape index (κ3) is 1.60. The Morgan fingerprint density at radius 1 is 1.50 bits per heavy atom. The van der Waals surface area contributed by atoms with Crippen LogP contribution in [0, 0.1) is 0 Å². The van der Waals surface area contributed by atoms with E-state index in [9.17, 15) is 9.59 Å². The Morgan fingerprint density at radius 3 is 2.88 bits per heavy atom. The zero-order valence-corrected chi connectivity index (χ0v) is 8.99. The molecule has 1 aliphatic rings. The second-order valence-corrected chi connectivity index (χ2v) is 3.41. The first-order chi connectivity index (χ1) is 7.63. The SMILES string of the molecule is COc1ccc(C(C)=O)c2c1NC(=O)CO2. The standard InChI is InChI=1S/C11H11NO4/c1-6(13)7-3-4-8(15-2)10-11(7)16-5-9(14)12-10/h3-4H,5H2,1-2H3,(H,12,14). The summed E-state index contributed by atoms with van der Waals surface area (Å²) in [7, 11) is 1.49. The number of carbonyl (C=O) groups excluding carboxylic acids is 2. The van der Waals surface area contributed by atoms with E-state index in [2.05, 4.69) is 5.32 Å². The number of carbonyl (C=O) groups is 2. The van der Waals surface area contributed by atoms with Crippen molar-refractivity contribution in [3.63, 3.8) is 0 Å². The Labute approximate surface area is 92.4 Å². The van der Waals surface area contributed by atoms with Crippen LogP contribution in [0.25, 0.3) is 0 Å². The summed E-state index contributed by atoms with van der Waals surface area (Å²) in [6, 6.07) is 3.25. The van der Waals surface area contributed by atoms with Gasteiger partial charge >= 0.3 is 0 Å². The van der Waals surface area contributed by atoms with Crippen molar-refractivity contribution >= 4 is 17.4 Å². The number of anilines is 1. The van der Waals surface area contributed by atoms with E-state index < -0.39 is 0 Å². The molecule has 1 amide bonds. The molecule has 0 fully saturated rings. The molecule has 1 aromatic carbocycles. The summed E-state index contributed by atoms with van der Waals surface area (Å²) in [5.41, 5.74) is 0.863. The molecule has 1 aliphatic heterocycles. The van der Waals surface area contributed by atoms with E-state index in [4.69, 9.17) is 9.47 Å². The van der Waals surface area contributed by atoms with Gasteiger partial charge in [-0.25, -0.2) is 0 Å². The number of benzene rings is 1. The van der Waals surface area contributed by atoms with Crippen LogP contribution in [0.15, 0.2) is 12.1 Å². The van der Waals surface area contributed by atoms with Crippen molar-refractivity contribution in [2.75, 3.05) is 19.0 Å². The van der Waals surface area contributed by atoms with Gasteiger partial charge in [0.1, 0.15) is 11.4 Å². The quantitative estimate of drug-likeness (QED) is 0.763. The van der Waals surface area contributed by atoms with Crippen LogP contribution in [-0.4, -0.2) is 25.4 Å². The van der Waals surface area contributed by atoms with E-state index in [1.54, 1.807) is 12.1 Å². The predicted molar refractivity (Wildman–Crippen MR) is 57.1 cm³/mol. The first kappa shape index (κ1) is 10.5. The van der Waals surface area contributed by atoms with Crippen molar-refractivity contribution in [1.82, 2.24) is 0 Å². The Kier molecular flexibility index (Phi) is 2.52. The Bertz CT molecular complexity index is 467. The molecule has 16 heavy (non-hydrogen) atoms. The summed E-state index contributed by atoms with van der Waals surface area (Å²) < 4.78 is 10.3. The molecule has 1 heterocycles. The van der Waals surface area contributed by atoms with Crippen LogP contribution in [0.1, 0.15) is 17.3 Å². The highest BCUT2D eigenvalue weighted by Gasteiger charge is 2.24. The van der Waals surface area contributed by atoms with Crippen molar-refractivity contribution in [2.45, 2.75) is 6.92 Å². The number of fused-ring (bicyclic) bond motifs is 1. The molecule has 5 nitrogen and oxygen atoms in total. The van der Waals surface area contributed by atoms with E-state index >= 15 is 0 Å². The number of ether oxygens (including phenoxy) is 2.